The Kier molecular flexibility index (Phi) is 13.1. The van der Waals surface area contributed by atoms with E-state index in [4.69, 9.17) is 10.0 Å². The van der Waals surface area contributed by atoms with Crippen molar-refractivity contribution in [1.82, 2.24) is 16.3 Å². The van der Waals surface area contributed by atoms with Crippen molar-refractivity contribution >= 4 is 17.7 Å². The first-order valence-electron chi connectivity index (χ1n) is 15.3. The molecule has 8 heteroatoms. The number of carbonyl (C=O) groups is 3. The summed E-state index contributed by atoms with van der Waals surface area (Å²) in [6.45, 7) is 10.2. The number of amides is 3. The number of hydrogen-bond donors (Lipinski definition) is 4. The van der Waals surface area contributed by atoms with Crippen molar-refractivity contribution in [1.29, 1.82) is 0 Å². The third kappa shape index (κ3) is 10.6. The number of benzene rings is 3. The molecule has 3 aromatic carbocycles. The molecule has 236 valence electrons. The van der Waals surface area contributed by atoms with E-state index in [9.17, 15) is 14.4 Å². The molecule has 0 heterocycles. The van der Waals surface area contributed by atoms with Gasteiger partial charge < -0.3 is 5.32 Å². The Morgan fingerprint density at radius 3 is 2.16 bits per heavy atom. The molecule has 8 nitrogen and oxygen atoms in total. The van der Waals surface area contributed by atoms with Gasteiger partial charge in [0.05, 0.1) is 12.6 Å². The largest absolute Gasteiger partial charge is 0.349 e. The fourth-order valence-electron chi connectivity index (χ4n) is 5.45. The average Bonchev–Trinajstić information content (AvgIpc) is 3.00. The van der Waals surface area contributed by atoms with Crippen molar-refractivity contribution in [2.45, 2.75) is 72.8 Å². The normalized spacial score (nSPS) is 13.4. The van der Waals surface area contributed by atoms with Gasteiger partial charge in [0.2, 0.25) is 17.7 Å². The van der Waals surface area contributed by atoms with E-state index in [1.165, 1.54) is 16.7 Å². The highest BCUT2D eigenvalue weighted by molar-refractivity contribution is 5.84. The van der Waals surface area contributed by atoms with Gasteiger partial charge in [-0.25, -0.2) is 11.0 Å². The average molecular weight is 602 g/mol. The zero-order chi connectivity index (χ0) is 32.1. The first-order chi connectivity index (χ1) is 21.0. The summed E-state index contributed by atoms with van der Waals surface area (Å²) in [5.74, 6) is -2.17. The lowest BCUT2D eigenvalue weighted by Crippen LogP contribution is -2.40. The highest BCUT2D eigenvalue weighted by Gasteiger charge is 2.32. The zero-order valence-electron chi connectivity index (χ0n) is 26.6. The lowest BCUT2D eigenvalue weighted by atomic mass is 9.78. The summed E-state index contributed by atoms with van der Waals surface area (Å²) in [5, 5.41) is 12.2. The molecule has 3 rings (SSSR count). The van der Waals surface area contributed by atoms with E-state index in [-0.39, 0.29) is 36.3 Å². The lowest BCUT2D eigenvalue weighted by Gasteiger charge is -2.31. The number of aryl methyl sites for hydroxylation is 2. The molecule has 3 amide bonds. The van der Waals surface area contributed by atoms with E-state index in [1.54, 1.807) is 5.48 Å². The van der Waals surface area contributed by atoms with E-state index in [2.05, 4.69) is 48.1 Å². The van der Waals surface area contributed by atoms with Gasteiger partial charge in [-0.15, -0.1) is 0 Å². The highest BCUT2D eigenvalue weighted by Crippen LogP contribution is 2.30. The maximum Gasteiger partial charge on any atom is 0.247 e. The summed E-state index contributed by atoms with van der Waals surface area (Å²) in [6.07, 6.45) is 2.09. The molecular formula is C36H47N3O5. The first kappa shape index (κ1) is 34.5. The molecule has 44 heavy (non-hydrogen) atoms. The molecule has 0 radical (unpaired) electrons. The van der Waals surface area contributed by atoms with Crippen LogP contribution in [0.5, 0.6) is 0 Å². The van der Waals surface area contributed by atoms with Crippen LogP contribution in [-0.2, 0) is 25.6 Å². The third-order valence-corrected chi connectivity index (χ3v) is 8.02. The summed E-state index contributed by atoms with van der Waals surface area (Å²) >= 11 is 0. The Labute approximate surface area is 261 Å². The van der Waals surface area contributed by atoms with Crippen LogP contribution in [0.1, 0.15) is 76.1 Å². The monoisotopic (exact) mass is 601 g/mol. The third-order valence-electron chi connectivity index (χ3n) is 8.02. The number of nitrogens with one attached hydrogen (secondary N) is 3. The minimum absolute atomic E-state index is 0.0756. The van der Waals surface area contributed by atoms with Crippen LogP contribution >= 0.6 is 0 Å². The summed E-state index contributed by atoms with van der Waals surface area (Å²) in [6, 6.07) is 26.2. The van der Waals surface area contributed by atoms with Gasteiger partial charge in [-0.3, -0.25) is 24.4 Å². The van der Waals surface area contributed by atoms with Crippen LogP contribution in [0.25, 0.3) is 11.1 Å². The van der Waals surface area contributed by atoms with Gasteiger partial charge in [-0.05, 0) is 72.8 Å². The summed E-state index contributed by atoms with van der Waals surface area (Å²) in [4.78, 5) is 43.6. The fourth-order valence-corrected chi connectivity index (χ4v) is 5.45. The number of carbonyl (C=O) groups excluding carboxylic acids is 3. The molecule has 4 N–H and O–H groups in total. The van der Waals surface area contributed by atoms with Crippen molar-refractivity contribution in [3.63, 3.8) is 0 Å². The van der Waals surface area contributed by atoms with Crippen LogP contribution < -0.4 is 16.3 Å². The summed E-state index contributed by atoms with van der Waals surface area (Å²) in [7, 11) is 0. The Morgan fingerprint density at radius 1 is 0.886 bits per heavy atom. The maximum atomic E-state index is 13.2. The quantitative estimate of drug-likeness (QED) is 0.0905. The van der Waals surface area contributed by atoms with Gasteiger partial charge in [0.15, 0.2) is 0 Å². The van der Waals surface area contributed by atoms with Crippen LogP contribution in [0.4, 0.5) is 0 Å². The Morgan fingerprint density at radius 2 is 1.55 bits per heavy atom. The second-order valence-electron chi connectivity index (χ2n) is 12.5. The van der Waals surface area contributed by atoms with Gasteiger partial charge in [-0.2, -0.15) is 0 Å². The van der Waals surface area contributed by atoms with Crippen molar-refractivity contribution in [2.24, 2.45) is 17.3 Å². The molecule has 0 unspecified atom stereocenters. The topological polar surface area (TPSA) is 117 Å². The zero-order valence-corrected chi connectivity index (χ0v) is 26.6. The number of hydrogen-bond acceptors (Lipinski definition) is 5. The summed E-state index contributed by atoms with van der Waals surface area (Å²) in [5.41, 5.74) is 9.47. The molecule has 0 aromatic heterocycles. The van der Waals surface area contributed by atoms with Crippen molar-refractivity contribution < 1.29 is 24.4 Å². The fraction of sp³-hybridized carbons (Fsp3) is 0.417. The molecule has 0 fully saturated rings. The number of hydroxylamine groups is 2. The van der Waals surface area contributed by atoms with Crippen LogP contribution in [0, 0.1) is 24.2 Å². The molecule has 0 saturated carbocycles. The number of rotatable bonds is 15. The predicted octanol–water partition coefficient (Wildman–Crippen LogP) is 6.47. The van der Waals surface area contributed by atoms with E-state index in [1.807, 2.05) is 76.2 Å². The van der Waals surface area contributed by atoms with E-state index < -0.39 is 17.7 Å². The van der Waals surface area contributed by atoms with Gasteiger partial charge in [0.25, 0.3) is 0 Å². The van der Waals surface area contributed by atoms with Gasteiger partial charge in [-0.1, -0.05) is 99.6 Å². The predicted molar refractivity (Wildman–Crippen MR) is 172 cm³/mol. The van der Waals surface area contributed by atoms with E-state index in [0.717, 1.165) is 17.5 Å². The molecule has 0 aliphatic carbocycles. The smallest absolute Gasteiger partial charge is 0.247 e. The second-order valence-corrected chi connectivity index (χ2v) is 12.5. The minimum atomic E-state index is -0.680. The Hall–Kier alpha value is -4.01. The molecule has 0 saturated heterocycles. The van der Waals surface area contributed by atoms with Crippen LogP contribution in [-0.4, -0.2) is 29.5 Å². The minimum Gasteiger partial charge on any atom is -0.349 e. The molecule has 3 atom stereocenters. The van der Waals surface area contributed by atoms with Crippen molar-refractivity contribution in [3.05, 3.63) is 95.6 Å². The first-order valence-corrected chi connectivity index (χ1v) is 15.3. The molecular weight excluding hydrogens is 554 g/mol. The Bertz CT molecular complexity index is 1360. The molecule has 0 aliphatic heterocycles. The van der Waals surface area contributed by atoms with Gasteiger partial charge in [0, 0.05) is 18.3 Å². The van der Waals surface area contributed by atoms with Crippen LogP contribution in [0.2, 0.25) is 0 Å². The van der Waals surface area contributed by atoms with E-state index >= 15 is 0 Å². The maximum absolute atomic E-state index is 13.2. The van der Waals surface area contributed by atoms with Crippen LogP contribution in [0.15, 0.2) is 78.9 Å². The molecule has 0 bridgehead atoms. The van der Waals surface area contributed by atoms with E-state index in [0.29, 0.717) is 19.3 Å². The van der Waals surface area contributed by atoms with Crippen molar-refractivity contribution in [3.8, 4) is 11.1 Å². The lowest BCUT2D eigenvalue weighted by molar-refractivity contribution is -0.143. The SMILES string of the molecule is Cc1cc(CCC[C@H](CC(=O)NO)C(=O)NOCC[C@H](C(=O)N[C@H](C)c2ccccc2)C(C)(C)C)ccc1-c1ccccc1. The molecule has 0 spiro atoms. The van der Waals surface area contributed by atoms with Gasteiger partial charge in [0.1, 0.15) is 0 Å². The highest BCUT2D eigenvalue weighted by atomic mass is 16.6. The van der Waals surface area contributed by atoms with Crippen molar-refractivity contribution in [2.75, 3.05) is 6.61 Å². The van der Waals surface area contributed by atoms with Gasteiger partial charge >= 0.3 is 0 Å². The second kappa shape index (κ2) is 16.7. The van der Waals surface area contributed by atoms with Crippen LogP contribution in [0.3, 0.4) is 0 Å². The molecule has 0 aliphatic rings. The Balaban J connectivity index is 1.52. The standard InChI is InChI=1S/C36H47N3O5/c1-25-23-27(19-20-31(25)29-16-10-7-11-17-29)13-12-18-30(24-33(40)38-43)34(41)39-44-22-21-32(36(3,4)5)35(42)37-26(2)28-14-8-6-9-15-28/h6-11,14-17,19-20,23,26,30,32,43H,12-13,18,21-22,24H2,1-5H3,(H,37,42)(H,38,40)(H,39,41)/t26-,30-,32-/m1/s1. The molecule has 3 aromatic rings. The summed E-state index contributed by atoms with van der Waals surface area (Å²) < 4.78 is 0.